The summed E-state index contributed by atoms with van der Waals surface area (Å²) >= 11 is 0. The SMILES string of the molecule is COC(=O)c1cc(CS(C)(=O)=O)ccc1N. The van der Waals surface area contributed by atoms with Crippen LogP contribution < -0.4 is 5.73 Å². The van der Waals surface area contributed by atoms with Crippen LogP contribution in [0.2, 0.25) is 0 Å². The van der Waals surface area contributed by atoms with Crippen LogP contribution in [0.15, 0.2) is 18.2 Å². The number of nitrogens with two attached hydrogens (primary N) is 1. The van der Waals surface area contributed by atoms with Gasteiger partial charge in [0, 0.05) is 11.9 Å². The summed E-state index contributed by atoms with van der Waals surface area (Å²) in [6, 6.07) is 4.50. The molecular formula is C10H13NO4S. The van der Waals surface area contributed by atoms with E-state index in [0.29, 0.717) is 5.56 Å². The van der Waals surface area contributed by atoms with Crippen molar-refractivity contribution in [2.45, 2.75) is 5.75 Å². The molecular weight excluding hydrogens is 230 g/mol. The van der Waals surface area contributed by atoms with Crippen molar-refractivity contribution in [3.8, 4) is 0 Å². The number of esters is 1. The minimum absolute atomic E-state index is 0.128. The van der Waals surface area contributed by atoms with Crippen molar-refractivity contribution in [2.24, 2.45) is 0 Å². The quantitative estimate of drug-likeness (QED) is 0.620. The van der Waals surface area contributed by atoms with E-state index >= 15 is 0 Å². The topological polar surface area (TPSA) is 86.5 Å². The number of rotatable bonds is 3. The summed E-state index contributed by atoms with van der Waals surface area (Å²) in [5.74, 6) is -0.704. The van der Waals surface area contributed by atoms with E-state index in [4.69, 9.17) is 5.73 Å². The van der Waals surface area contributed by atoms with Crippen molar-refractivity contribution in [2.75, 3.05) is 19.1 Å². The van der Waals surface area contributed by atoms with Crippen LogP contribution in [-0.2, 0) is 20.3 Å². The molecule has 2 N–H and O–H groups in total. The summed E-state index contributed by atoms with van der Waals surface area (Å²) in [7, 11) is -1.89. The lowest BCUT2D eigenvalue weighted by Crippen LogP contribution is -2.08. The summed E-state index contributed by atoms with van der Waals surface area (Å²) in [6.45, 7) is 0. The van der Waals surface area contributed by atoms with Crippen LogP contribution in [0.4, 0.5) is 5.69 Å². The molecule has 0 spiro atoms. The van der Waals surface area contributed by atoms with Gasteiger partial charge in [-0.15, -0.1) is 0 Å². The van der Waals surface area contributed by atoms with Gasteiger partial charge in [0.15, 0.2) is 9.84 Å². The van der Waals surface area contributed by atoms with Gasteiger partial charge in [0.1, 0.15) is 0 Å². The minimum atomic E-state index is -3.13. The molecule has 1 rings (SSSR count). The van der Waals surface area contributed by atoms with E-state index in [1.54, 1.807) is 6.07 Å². The van der Waals surface area contributed by atoms with E-state index in [2.05, 4.69) is 4.74 Å². The molecule has 0 aliphatic carbocycles. The zero-order chi connectivity index (χ0) is 12.3. The fraction of sp³-hybridized carbons (Fsp3) is 0.300. The van der Waals surface area contributed by atoms with Crippen molar-refractivity contribution in [3.63, 3.8) is 0 Å². The number of carbonyl (C=O) groups is 1. The van der Waals surface area contributed by atoms with Crippen LogP contribution in [0.3, 0.4) is 0 Å². The number of sulfone groups is 1. The molecule has 6 heteroatoms. The van der Waals surface area contributed by atoms with Crippen LogP contribution in [0, 0.1) is 0 Å². The number of nitrogen functional groups attached to an aromatic ring is 1. The first kappa shape index (κ1) is 12.5. The number of anilines is 1. The Morgan fingerprint density at radius 2 is 2.06 bits per heavy atom. The Morgan fingerprint density at radius 1 is 1.44 bits per heavy atom. The maximum absolute atomic E-state index is 11.3. The zero-order valence-electron chi connectivity index (χ0n) is 9.06. The van der Waals surface area contributed by atoms with Crippen molar-refractivity contribution < 1.29 is 17.9 Å². The fourth-order valence-corrected chi connectivity index (χ4v) is 2.07. The molecule has 16 heavy (non-hydrogen) atoms. The van der Waals surface area contributed by atoms with Gasteiger partial charge in [-0.05, 0) is 17.7 Å². The van der Waals surface area contributed by atoms with E-state index in [1.165, 1.54) is 19.2 Å². The van der Waals surface area contributed by atoms with Crippen molar-refractivity contribution in [3.05, 3.63) is 29.3 Å². The second-order valence-corrected chi connectivity index (χ2v) is 5.62. The third kappa shape index (κ3) is 3.23. The number of methoxy groups -OCH3 is 1. The highest BCUT2D eigenvalue weighted by Gasteiger charge is 2.12. The summed E-state index contributed by atoms with van der Waals surface area (Å²) in [6.07, 6.45) is 1.13. The molecule has 0 heterocycles. The normalized spacial score (nSPS) is 11.1. The maximum Gasteiger partial charge on any atom is 0.339 e. The lowest BCUT2D eigenvalue weighted by Gasteiger charge is -2.06. The van der Waals surface area contributed by atoms with E-state index in [0.717, 1.165) is 6.26 Å². The zero-order valence-corrected chi connectivity index (χ0v) is 9.87. The van der Waals surface area contributed by atoms with E-state index in [-0.39, 0.29) is 17.0 Å². The molecule has 0 aromatic heterocycles. The van der Waals surface area contributed by atoms with Crippen molar-refractivity contribution in [1.29, 1.82) is 0 Å². The average molecular weight is 243 g/mol. The summed E-state index contributed by atoms with van der Waals surface area (Å²) < 4.78 is 26.7. The smallest absolute Gasteiger partial charge is 0.339 e. The number of ether oxygens (including phenoxy) is 1. The monoisotopic (exact) mass is 243 g/mol. The van der Waals surface area contributed by atoms with Crippen LogP contribution in [-0.4, -0.2) is 27.8 Å². The highest BCUT2D eigenvalue weighted by Crippen LogP contribution is 2.16. The van der Waals surface area contributed by atoms with Gasteiger partial charge < -0.3 is 10.5 Å². The first-order valence-electron chi connectivity index (χ1n) is 4.48. The van der Waals surface area contributed by atoms with Crippen LogP contribution in [0.5, 0.6) is 0 Å². The lowest BCUT2D eigenvalue weighted by atomic mass is 10.1. The Bertz CT molecular complexity index is 508. The molecule has 0 bridgehead atoms. The molecule has 0 atom stereocenters. The van der Waals surface area contributed by atoms with E-state index < -0.39 is 15.8 Å². The molecule has 0 aliphatic rings. The molecule has 0 unspecified atom stereocenters. The average Bonchev–Trinajstić information content (AvgIpc) is 2.18. The Hall–Kier alpha value is -1.56. The molecule has 5 nitrogen and oxygen atoms in total. The van der Waals surface area contributed by atoms with Crippen LogP contribution >= 0.6 is 0 Å². The second kappa shape index (κ2) is 4.52. The molecule has 0 saturated heterocycles. The second-order valence-electron chi connectivity index (χ2n) is 3.48. The summed E-state index contributed by atoms with van der Waals surface area (Å²) in [5.41, 5.74) is 6.54. The predicted octanol–water partition coefficient (Wildman–Crippen LogP) is 0.600. The number of carbonyl (C=O) groups excluding carboxylic acids is 1. The van der Waals surface area contributed by atoms with E-state index in [9.17, 15) is 13.2 Å². The molecule has 0 fully saturated rings. The highest BCUT2D eigenvalue weighted by atomic mass is 32.2. The standard InChI is InChI=1S/C10H13NO4S/c1-15-10(12)8-5-7(3-4-9(8)11)6-16(2,13)14/h3-5H,6,11H2,1-2H3. The summed E-state index contributed by atoms with van der Waals surface area (Å²) in [5, 5.41) is 0. The van der Waals surface area contributed by atoms with Crippen LogP contribution in [0.25, 0.3) is 0 Å². The lowest BCUT2D eigenvalue weighted by molar-refractivity contribution is 0.0602. The number of benzene rings is 1. The molecule has 1 aromatic carbocycles. The fourth-order valence-electron chi connectivity index (χ4n) is 1.28. The van der Waals surface area contributed by atoms with Gasteiger partial charge in [-0.2, -0.15) is 0 Å². The maximum atomic E-state index is 11.3. The highest BCUT2D eigenvalue weighted by molar-refractivity contribution is 7.89. The Morgan fingerprint density at radius 3 is 2.56 bits per heavy atom. The number of hydrogen-bond acceptors (Lipinski definition) is 5. The summed E-state index contributed by atoms with van der Waals surface area (Å²) in [4.78, 5) is 11.3. The van der Waals surface area contributed by atoms with Gasteiger partial charge >= 0.3 is 5.97 Å². The molecule has 0 aliphatic heterocycles. The first-order valence-corrected chi connectivity index (χ1v) is 6.54. The minimum Gasteiger partial charge on any atom is -0.465 e. The first-order chi connectivity index (χ1) is 7.33. The Balaban J connectivity index is 3.12. The Kier molecular flexibility index (Phi) is 3.54. The van der Waals surface area contributed by atoms with Crippen molar-refractivity contribution >= 4 is 21.5 Å². The molecule has 88 valence electrons. The predicted molar refractivity (Wildman–Crippen MR) is 60.7 cm³/mol. The van der Waals surface area contributed by atoms with Gasteiger partial charge in [-0.1, -0.05) is 6.07 Å². The third-order valence-corrected chi connectivity index (χ3v) is 2.81. The van der Waals surface area contributed by atoms with Gasteiger partial charge in [0.25, 0.3) is 0 Å². The molecule has 0 amide bonds. The van der Waals surface area contributed by atoms with Gasteiger partial charge in [0.2, 0.25) is 0 Å². The number of hydrogen-bond donors (Lipinski definition) is 1. The van der Waals surface area contributed by atoms with Gasteiger partial charge in [-0.25, -0.2) is 13.2 Å². The Labute approximate surface area is 94.1 Å². The third-order valence-electron chi connectivity index (χ3n) is 1.95. The molecule has 1 aromatic rings. The van der Waals surface area contributed by atoms with Gasteiger partial charge in [0.05, 0.1) is 18.4 Å². The van der Waals surface area contributed by atoms with Crippen molar-refractivity contribution in [1.82, 2.24) is 0 Å². The molecule has 0 saturated carbocycles. The van der Waals surface area contributed by atoms with Gasteiger partial charge in [-0.3, -0.25) is 0 Å². The van der Waals surface area contributed by atoms with E-state index in [1.807, 2.05) is 0 Å². The van der Waals surface area contributed by atoms with Crippen LogP contribution in [0.1, 0.15) is 15.9 Å². The largest absolute Gasteiger partial charge is 0.465 e. The molecule has 0 radical (unpaired) electrons.